The van der Waals surface area contributed by atoms with Crippen LogP contribution in [0.1, 0.15) is 18.6 Å². The summed E-state index contributed by atoms with van der Waals surface area (Å²) in [5.74, 6) is -0.728. The maximum atomic E-state index is 13.0. The van der Waals surface area contributed by atoms with E-state index in [0.717, 1.165) is 6.07 Å². The highest BCUT2D eigenvalue weighted by Gasteiger charge is 2.16. The molecule has 1 aromatic rings. The molecule has 0 fully saturated rings. The van der Waals surface area contributed by atoms with Gasteiger partial charge < -0.3 is 15.2 Å². The van der Waals surface area contributed by atoms with Gasteiger partial charge in [-0.15, -0.1) is 0 Å². The van der Waals surface area contributed by atoms with Crippen molar-refractivity contribution in [2.75, 3.05) is 0 Å². The van der Waals surface area contributed by atoms with Gasteiger partial charge in [0.1, 0.15) is 5.82 Å². The third-order valence-electron chi connectivity index (χ3n) is 1.79. The van der Waals surface area contributed by atoms with Crippen molar-refractivity contribution in [3.8, 4) is 0 Å². The van der Waals surface area contributed by atoms with Gasteiger partial charge in [0.15, 0.2) is 0 Å². The Kier molecular flexibility index (Phi) is 3.03. The fourth-order valence-corrected chi connectivity index (χ4v) is 1.01. The molecular weight excluding hydrogens is 174 g/mol. The van der Waals surface area contributed by atoms with E-state index in [1.165, 1.54) is 19.1 Å². The minimum Gasteiger partial charge on any atom is -0.423 e. The lowest BCUT2D eigenvalue weighted by molar-refractivity contribution is 0.199. The Morgan fingerprint density at radius 1 is 1.38 bits per heavy atom. The molecule has 1 unspecified atom stereocenters. The Balaban J connectivity index is 3.06. The summed E-state index contributed by atoms with van der Waals surface area (Å²) >= 11 is 0. The van der Waals surface area contributed by atoms with Crippen molar-refractivity contribution < 1.29 is 19.5 Å². The van der Waals surface area contributed by atoms with Crippen LogP contribution < -0.4 is 5.46 Å². The molecule has 0 saturated heterocycles. The summed E-state index contributed by atoms with van der Waals surface area (Å²) < 4.78 is 13.0. The molecule has 0 aromatic heterocycles. The molecule has 0 spiro atoms. The third kappa shape index (κ3) is 2.27. The molecule has 0 heterocycles. The summed E-state index contributed by atoms with van der Waals surface area (Å²) in [7, 11) is -1.82. The van der Waals surface area contributed by atoms with E-state index in [0.29, 0.717) is 5.56 Å². The molecule has 13 heavy (non-hydrogen) atoms. The minimum absolute atomic E-state index is 0.190. The summed E-state index contributed by atoms with van der Waals surface area (Å²) in [6.45, 7) is 1.50. The second kappa shape index (κ2) is 3.87. The zero-order valence-electron chi connectivity index (χ0n) is 7.11. The van der Waals surface area contributed by atoms with Crippen LogP contribution in [0.4, 0.5) is 4.39 Å². The van der Waals surface area contributed by atoms with Crippen molar-refractivity contribution in [1.82, 2.24) is 0 Å². The Bertz CT molecular complexity index is 301. The summed E-state index contributed by atoms with van der Waals surface area (Å²) in [6.07, 6.45) is -0.764. The van der Waals surface area contributed by atoms with Crippen LogP contribution in [-0.2, 0) is 0 Å². The first-order valence-electron chi connectivity index (χ1n) is 3.86. The molecule has 1 rings (SSSR count). The van der Waals surface area contributed by atoms with Crippen LogP contribution in [0.25, 0.3) is 0 Å². The van der Waals surface area contributed by atoms with E-state index in [4.69, 9.17) is 15.2 Å². The molecule has 0 saturated carbocycles. The number of hydrogen-bond acceptors (Lipinski definition) is 3. The molecule has 0 aliphatic heterocycles. The first-order chi connectivity index (χ1) is 6.02. The van der Waals surface area contributed by atoms with Gasteiger partial charge >= 0.3 is 7.12 Å². The van der Waals surface area contributed by atoms with Crippen molar-refractivity contribution in [3.63, 3.8) is 0 Å². The molecule has 3 N–H and O–H groups in total. The first kappa shape index (κ1) is 10.2. The Labute approximate surface area is 75.6 Å². The van der Waals surface area contributed by atoms with Gasteiger partial charge in [0, 0.05) is 5.46 Å². The van der Waals surface area contributed by atoms with Gasteiger partial charge in [0.05, 0.1) is 6.10 Å². The van der Waals surface area contributed by atoms with Crippen LogP contribution in [0.2, 0.25) is 0 Å². The Morgan fingerprint density at radius 2 is 2.00 bits per heavy atom. The average molecular weight is 184 g/mol. The molecule has 5 heteroatoms. The normalized spacial score (nSPS) is 12.7. The maximum absolute atomic E-state index is 13.0. The van der Waals surface area contributed by atoms with Gasteiger partial charge in [-0.3, -0.25) is 0 Å². The van der Waals surface area contributed by atoms with E-state index >= 15 is 0 Å². The van der Waals surface area contributed by atoms with Crippen molar-refractivity contribution in [2.24, 2.45) is 0 Å². The van der Waals surface area contributed by atoms with E-state index in [2.05, 4.69) is 0 Å². The largest absolute Gasteiger partial charge is 0.491 e. The lowest BCUT2D eigenvalue weighted by atomic mass is 9.79. The number of rotatable bonds is 2. The van der Waals surface area contributed by atoms with E-state index in [9.17, 15) is 4.39 Å². The lowest BCUT2D eigenvalue weighted by Gasteiger charge is -2.07. The van der Waals surface area contributed by atoms with Crippen LogP contribution in [-0.4, -0.2) is 22.3 Å². The summed E-state index contributed by atoms with van der Waals surface area (Å²) in [5, 5.41) is 26.5. The predicted molar refractivity (Wildman–Crippen MR) is 46.9 cm³/mol. The second-order valence-electron chi connectivity index (χ2n) is 2.83. The zero-order chi connectivity index (χ0) is 10.0. The van der Waals surface area contributed by atoms with Gasteiger partial charge in [-0.2, -0.15) is 0 Å². The molecule has 0 aliphatic rings. The summed E-state index contributed by atoms with van der Waals surface area (Å²) in [6, 6.07) is 3.77. The van der Waals surface area contributed by atoms with Crippen LogP contribution in [0.3, 0.4) is 0 Å². The molecule has 0 bridgehead atoms. The first-order valence-corrected chi connectivity index (χ1v) is 3.86. The van der Waals surface area contributed by atoms with Crippen molar-refractivity contribution in [1.29, 1.82) is 0 Å². The minimum atomic E-state index is -1.82. The Morgan fingerprint density at radius 3 is 2.38 bits per heavy atom. The number of halogens is 1. The van der Waals surface area contributed by atoms with Crippen molar-refractivity contribution in [3.05, 3.63) is 29.6 Å². The van der Waals surface area contributed by atoms with Crippen LogP contribution in [0, 0.1) is 5.82 Å². The van der Waals surface area contributed by atoms with E-state index in [1.807, 2.05) is 0 Å². The van der Waals surface area contributed by atoms with E-state index < -0.39 is 19.0 Å². The standard InChI is InChI=1S/C8H10BFO3/c1-5(11)6-2-3-7(9(12)13)8(10)4-6/h2-5,11-13H,1H3. The fourth-order valence-electron chi connectivity index (χ4n) is 1.01. The third-order valence-corrected chi connectivity index (χ3v) is 1.79. The fraction of sp³-hybridized carbons (Fsp3) is 0.250. The maximum Gasteiger partial charge on any atom is 0.491 e. The molecule has 0 aliphatic carbocycles. The van der Waals surface area contributed by atoms with Crippen LogP contribution in [0.5, 0.6) is 0 Å². The SMILES string of the molecule is CC(O)c1ccc(B(O)O)c(F)c1. The molecule has 1 atom stereocenters. The lowest BCUT2D eigenvalue weighted by Crippen LogP contribution is -2.32. The second-order valence-corrected chi connectivity index (χ2v) is 2.83. The zero-order valence-corrected chi connectivity index (χ0v) is 7.11. The highest BCUT2D eigenvalue weighted by molar-refractivity contribution is 6.58. The van der Waals surface area contributed by atoms with E-state index in [-0.39, 0.29) is 5.46 Å². The van der Waals surface area contributed by atoms with Gasteiger partial charge in [-0.05, 0) is 18.6 Å². The van der Waals surface area contributed by atoms with Gasteiger partial charge in [-0.1, -0.05) is 12.1 Å². The van der Waals surface area contributed by atoms with Gasteiger partial charge in [-0.25, -0.2) is 4.39 Å². The summed E-state index contributed by atoms with van der Waals surface area (Å²) in [4.78, 5) is 0. The quantitative estimate of drug-likeness (QED) is 0.546. The molecule has 70 valence electrons. The monoisotopic (exact) mass is 184 g/mol. The summed E-state index contributed by atoms with van der Waals surface area (Å²) in [5.41, 5.74) is 0.214. The smallest absolute Gasteiger partial charge is 0.423 e. The molecule has 0 radical (unpaired) electrons. The topological polar surface area (TPSA) is 60.7 Å². The Hall–Kier alpha value is -0.905. The molecule has 3 nitrogen and oxygen atoms in total. The molecular formula is C8H10BFO3. The van der Waals surface area contributed by atoms with E-state index in [1.54, 1.807) is 0 Å². The number of hydrogen-bond donors (Lipinski definition) is 3. The van der Waals surface area contributed by atoms with Crippen LogP contribution in [0.15, 0.2) is 18.2 Å². The highest BCUT2D eigenvalue weighted by Crippen LogP contribution is 2.11. The van der Waals surface area contributed by atoms with Gasteiger partial charge in [0.2, 0.25) is 0 Å². The number of aliphatic hydroxyl groups is 1. The van der Waals surface area contributed by atoms with Crippen molar-refractivity contribution >= 4 is 12.6 Å². The molecule has 0 amide bonds. The average Bonchev–Trinajstić information content (AvgIpc) is 2.03. The van der Waals surface area contributed by atoms with Crippen LogP contribution >= 0.6 is 0 Å². The molecule has 1 aromatic carbocycles. The predicted octanol–water partition coefficient (Wildman–Crippen LogP) is -0.441. The number of benzene rings is 1. The van der Waals surface area contributed by atoms with Crippen molar-refractivity contribution in [2.45, 2.75) is 13.0 Å². The number of aliphatic hydroxyl groups excluding tert-OH is 1. The van der Waals surface area contributed by atoms with Gasteiger partial charge in [0.25, 0.3) is 0 Å². The highest BCUT2D eigenvalue weighted by atomic mass is 19.1.